The summed E-state index contributed by atoms with van der Waals surface area (Å²) in [5, 5.41) is 0. The van der Waals surface area contributed by atoms with Crippen LogP contribution in [0.25, 0.3) is 0 Å². The van der Waals surface area contributed by atoms with E-state index in [1.807, 2.05) is 0 Å². The fraction of sp³-hybridized carbons (Fsp3) is 0.286. The topological polar surface area (TPSA) is 64.9 Å². The Morgan fingerprint density at radius 3 is 2.73 bits per heavy atom. The van der Waals surface area contributed by atoms with E-state index in [1.165, 1.54) is 0 Å². The highest BCUT2D eigenvalue weighted by atomic mass is 19.1. The van der Waals surface area contributed by atoms with Crippen LogP contribution in [0.5, 0.6) is 0 Å². The van der Waals surface area contributed by atoms with Crippen LogP contribution in [0, 0.1) is 12.7 Å². The van der Waals surface area contributed by atoms with Gasteiger partial charge in [-0.3, -0.25) is 0 Å². The Morgan fingerprint density at radius 2 is 2.27 bits per heavy atom. The molecule has 0 spiro atoms. The molecule has 4 heteroatoms. The number of pyridine rings is 1. The van der Waals surface area contributed by atoms with Gasteiger partial charge in [0.1, 0.15) is 11.6 Å². The first kappa shape index (κ1) is 7.94. The number of nitrogen functional groups attached to an aromatic ring is 1. The third-order valence-corrected chi connectivity index (χ3v) is 1.64. The van der Waals surface area contributed by atoms with Crippen LogP contribution in [0.1, 0.15) is 11.1 Å². The van der Waals surface area contributed by atoms with E-state index in [9.17, 15) is 4.39 Å². The number of rotatable bonds is 1. The highest BCUT2D eigenvalue weighted by molar-refractivity contribution is 5.44. The smallest absolute Gasteiger partial charge is 0.144 e. The Bertz CT molecular complexity index is 273. The van der Waals surface area contributed by atoms with Crippen molar-refractivity contribution in [3.63, 3.8) is 0 Å². The predicted octanol–water partition coefficient (Wildman–Crippen LogP) is 0.570. The quantitative estimate of drug-likeness (QED) is 0.623. The van der Waals surface area contributed by atoms with E-state index in [-0.39, 0.29) is 12.4 Å². The normalized spacial score (nSPS) is 10.1. The van der Waals surface area contributed by atoms with Crippen LogP contribution in [0.15, 0.2) is 6.20 Å². The first-order chi connectivity index (χ1) is 5.16. The van der Waals surface area contributed by atoms with Gasteiger partial charge in [0.25, 0.3) is 0 Å². The van der Waals surface area contributed by atoms with Crippen LogP contribution >= 0.6 is 0 Å². The molecular formula is C7H10FN3. The van der Waals surface area contributed by atoms with Crippen LogP contribution in [-0.4, -0.2) is 4.98 Å². The van der Waals surface area contributed by atoms with Crippen molar-refractivity contribution in [2.45, 2.75) is 13.5 Å². The molecule has 1 aromatic heterocycles. The van der Waals surface area contributed by atoms with Crippen LogP contribution in [0.3, 0.4) is 0 Å². The molecule has 0 radical (unpaired) electrons. The van der Waals surface area contributed by atoms with Gasteiger partial charge in [0.05, 0.1) is 6.20 Å². The van der Waals surface area contributed by atoms with Crippen molar-refractivity contribution >= 4 is 5.82 Å². The second-order valence-corrected chi connectivity index (χ2v) is 2.30. The fourth-order valence-corrected chi connectivity index (χ4v) is 0.895. The molecule has 1 aromatic rings. The molecule has 0 saturated heterocycles. The molecule has 4 N–H and O–H groups in total. The Hall–Kier alpha value is -1.16. The molecule has 0 amide bonds. The molecule has 0 aromatic carbocycles. The summed E-state index contributed by atoms with van der Waals surface area (Å²) in [6.07, 6.45) is 1.10. The minimum atomic E-state index is -0.361. The maximum absolute atomic E-state index is 12.8. The number of halogens is 1. The number of anilines is 1. The van der Waals surface area contributed by atoms with Crippen molar-refractivity contribution in [2.75, 3.05) is 5.73 Å². The van der Waals surface area contributed by atoms with E-state index in [0.717, 1.165) is 6.20 Å². The van der Waals surface area contributed by atoms with Gasteiger partial charge in [-0.1, -0.05) is 0 Å². The largest absolute Gasteiger partial charge is 0.383 e. The van der Waals surface area contributed by atoms with Crippen LogP contribution in [-0.2, 0) is 6.54 Å². The molecule has 1 rings (SSSR count). The number of aromatic nitrogens is 1. The molecule has 11 heavy (non-hydrogen) atoms. The summed E-state index contributed by atoms with van der Waals surface area (Å²) in [5.74, 6) is -0.0500. The van der Waals surface area contributed by atoms with Crippen molar-refractivity contribution in [3.8, 4) is 0 Å². The average molecular weight is 155 g/mol. The zero-order valence-corrected chi connectivity index (χ0v) is 6.26. The minimum absolute atomic E-state index is 0.225. The Morgan fingerprint density at radius 1 is 1.64 bits per heavy atom. The third-order valence-electron chi connectivity index (χ3n) is 1.64. The van der Waals surface area contributed by atoms with E-state index < -0.39 is 0 Å². The van der Waals surface area contributed by atoms with E-state index in [2.05, 4.69) is 4.98 Å². The molecule has 1 heterocycles. The maximum Gasteiger partial charge on any atom is 0.144 e. The maximum atomic E-state index is 12.8. The zero-order valence-electron chi connectivity index (χ0n) is 6.26. The Balaban J connectivity index is 3.29. The summed E-state index contributed by atoms with van der Waals surface area (Å²) in [4.78, 5) is 3.63. The van der Waals surface area contributed by atoms with Gasteiger partial charge >= 0.3 is 0 Å². The van der Waals surface area contributed by atoms with Crippen molar-refractivity contribution in [3.05, 3.63) is 23.1 Å². The Kier molecular flexibility index (Phi) is 2.05. The summed E-state index contributed by atoms with van der Waals surface area (Å²) >= 11 is 0. The molecule has 60 valence electrons. The Labute approximate surface area is 64.2 Å². The lowest BCUT2D eigenvalue weighted by Crippen LogP contribution is -2.07. The lowest BCUT2D eigenvalue weighted by Gasteiger charge is -2.05. The molecule has 0 bridgehead atoms. The molecule has 0 unspecified atom stereocenters. The second kappa shape index (κ2) is 2.84. The van der Waals surface area contributed by atoms with Crippen molar-refractivity contribution in [2.24, 2.45) is 5.73 Å². The van der Waals surface area contributed by atoms with E-state index in [1.54, 1.807) is 6.92 Å². The SMILES string of the molecule is Cc1c(F)cnc(N)c1CN. The van der Waals surface area contributed by atoms with E-state index >= 15 is 0 Å². The molecule has 0 fully saturated rings. The molecule has 0 aliphatic rings. The van der Waals surface area contributed by atoms with Crippen LogP contribution in [0.2, 0.25) is 0 Å². The summed E-state index contributed by atoms with van der Waals surface area (Å²) in [5.41, 5.74) is 11.9. The second-order valence-electron chi connectivity index (χ2n) is 2.30. The van der Waals surface area contributed by atoms with Crippen LogP contribution < -0.4 is 11.5 Å². The average Bonchev–Trinajstić information content (AvgIpc) is 1.99. The molecule has 0 aliphatic carbocycles. The van der Waals surface area contributed by atoms with Gasteiger partial charge in [0, 0.05) is 12.1 Å². The van der Waals surface area contributed by atoms with Gasteiger partial charge in [-0.25, -0.2) is 9.37 Å². The minimum Gasteiger partial charge on any atom is -0.383 e. The number of hydrogen-bond acceptors (Lipinski definition) is 3. The van der Waals surface area contributed by atoms with Gasteiger partial charge in [0.15, 0.2) is 0 Å². The zero-order chi connectivity index (χ0) is 8.43. The van der Waals surface area contributed by atoms with Gasteiger partial charge < -0.3 is 11.5 Å². The molecule has 3 nitrogen and oxygen atoms in total. The number of nitrogens with zero attached hydrogens (tertiary/aromatic N) is 1. The third kappa shape index (κ3) is 1.30. The first-order valence-corrected chi connectivity index (χ1v) is 3.26. The highest BCUT2D eigenvalue weighted by Gasteiger charge is 2.06. The molecule has 0 aliphatic heterocycles. The van der Waals surface area contributed by atoms with Crippen molar-refractivity contribution in [1.82, 2.24) is 4.98 Å². The summed E-state index contributed by atoms with van der Waals surface area (Å²) < 4.78 is 12.8. The molecule has 0 atom stereocenters. The fourth-order valence-electron chi connectivity index (χ4n) is 0.895. The van der Waals surface area contributed by atoms with Crippen LogP contribution in [0.4, 0.5) is 10.2 Å². The first-order valence-electron chi connectivity index (χ1n) is 3.26. The van der Waals surface area contributed by atoms with Gasteiger partial charge in [-0.2, -0.15) is 0 Å². The number of nitrogens with two attached hydrogens (primary N) is 2. The van der Waals surface area contributed by atoms with Crippen molar-refractivity contribution < 1.29 is 4.39 Å². The number of hydrogen-bond donors (Lipinski definition) is 2. The van der Waals surface area contributed by atoms with Gasteiger partial charge in [0.2, 0.25) is 0 Å². The summed E-state index contributed by atoms with van der Waals surface area (Å²) in [6.45, 7) is 1.86. The monoisotopic (exact) mass is 155 g/mol. The predicted molar refractivity (Wildman–Crippen MR) is 41.2 cm³/mol. The van der Waals surface area contributed by atoms with Crippen molar-refractivity contribution in [1.29, 1.82) is 0 Å². The van der Waals surface area contributed by atoms with E-state index in [0.29, 0.717) is 16.9 Å². The lowest BCUT2D eigenvalue weighted by atomic mass is 10.1. The summed E-state index contributed by atoms with van der Waals surface area (Å²) in [7, 11) is 0. The highest BCUT2D eigenvalue weighted by Crippen LogP contribution is 2.15. The standard InChI is InChI=1S/C7H10FN3/c1-4-5(2-9)7(10)11-3-6(4)8/h3H,2,9H2,1H3,(H2,10,11). The van der Waals surface area contributed by atoms with Gasteiger partial charge in [-0.15, -0.1) is 0 Å². The van der Waals surface area contributed by atoms with Gasteiger partial charge in [-0.05, 0) is 12.5 Å². The lowest BCUT2D eigenvalue weighted by molar-refractivity contribution is 0.609. The van der Waals surface area contributed by atoms with E-state index in [4.69, 9.17) is 11.5 Å². The molecular weight excluding hydrogens is 145 g/mol. The summed E-state index contributed by atoms with van der Waals surface area (Å²) in [6, 6.07) is 0. The molecule has 0 saturated carbocycles.